The van der Waals surface area contributed by atoms with E-state index in [1.165, 1.54) is 0 Å². The van der Waals surface area contributed by atoms with E-state index in [-0.39, 0.29) is 0 Å². The first kappa shape index (κ1) is 15.2. The molecule has 1 atom stereocenters. The van der Waals surface area contributed by atoms with Crippen LogP contribution in [0.15, 0.2) is 42.5 Å². The molecule has 0 aliphatic rings. The Morgan fingerprint density at radius 3 is 2.20 bits per heavy atom. The third-order valence-electron chi connectivity index (χ3n) is 3.10. The summed E-state index contributed by atoms with van der Waals surface area (Å²) < 4.78 is 5.67. The Hall–Kier alpha value is -1.22. The summed E-state index contributed by atoms with van der Waals surface area (Å²) in [6.07, 6.45) is 0.261. The second-order valence-electron chi connectivity index (χ2n) is 4.48. The number of ether oxygens (including phenoxy) is 1. The van der Waals surface area contributed by atoms with Gasteiger partial charge in [-0.15, -0.1) is 0 Å². The van der Waals surface area contributed by atoms with Crippen LogP contribution in [0.4, 0.5) is 0 Å². The second kappa shape index (κ2) is 6.98. The number of hydrogen-bond acceptors (Lipinski definition) is 2. The summed E-state index contributed by atoms with van der Waals surface area (Å²) in [6, 6.07) is 12.8. The maximum Gasteiger partial charge on any atom is 0.119 e. The SMILES string of the molecule is CCC(O)c1ccc(OCc2c(Cl)cccc2Cl)cc1. The maximum atomic E-state index is 9.73. The van der Waals surface area contributed by atoms with Crippen molar-refractivity contribution in [3.63, 3.8) is 0 Å². The van der Waals surface area contributed by atoms with E-state index in [4.69, 9.17) is 27.9 Å². The molecule has 1 unspecified atom stereocenters. The molecule has 4 heteroatoms. The van der Waals surface area contributed by atoms with Gasteiger partial charge in [-0.2, -0.15) is 0 Å². The van der Waals surface area contributed by atoms with Crippen molar-refractivity contribution < 1.29 is 9.84 Å². The summed E-state index contributed by atoms with van der Waals surface area (Å²) in [4.78, 5) is 0. The average Bonchev–Trinajstić information content (AvgIpc) is 2.46. The van der Waals surface area contributed by atoms with Gasteiger partial charge in [0.05, 0.1) is 6.10 Å². The van der Waals surface area contributed by atoms with E-state index >= 15 is 0 Å². The molecular weight excluding hydrogens is 295 g/mol. The van der Waals surface area contributed by atoms with Gasteiger partial charge in [0.25, 0.3) is 0 Å². The molecule has 106 valence electrons. The molecule has 20 heavy (non-hydrogen) atoms. The minimum atomic E-state index is -0.429. The monoisotopic (exact) mass is 310 g/mol. The van der Waals surface area contributed by atoms with Gasteiger partial charge in [-0.25, -0.2) is 0 Å². The predicted octanol–water partition coefficient (Wildman–Crippen LogP) is 5.02. The Morgan fingerprint density at radius 1 is 1.05 bits per heavy atom. The topological polar surface area (TPSA) is 29.5 Å². The minimum Gasteiger partial charge on any atom is -0.489 e. The molecule has 0 amide bonds. The van der Waals surface area contributed by atoms with E-state index in [0.717, 1.165) is 11.1 Å². The summed E-state index contributed by atoms with van der Waals surface area (Å²) in [5, 5.41) is 10.9. The summed E-state index contributed by atoms with van der Waals surface area (Å²) in [5.41, 5.74) is 1.66. The zero-order valence-corrected chi connectivity index (χ0v) is 12.7. The largest absolute Gasteiger partial charge is 0.489 e. The Kier molecular flexibility index (Phi) is 5.30. The lowest BCUT2D eigenvalue weighted by molar-refractivity contribution is 0.173. The summed E-state index contributed by atoms with van der Waals surface area (Å²) in [6.45, 7) is 2.25. The van der Waals surface area contributed by atoms with Crippen LogP contribution in [0.25, 0.3) is 0 Å². The summed E-state index contributed by atoms with van der Waals surface area (Å²) >= 11 is 12.2. The van der Waals surface area contributed by atoms with Crippen molar-refractivity contribution in [1.29, 1.82) is 0 Å². The molecule has 0 heterocycles. The fourth-order valence-electron chi connectivity index (χ4n) is 1.85. The molecule has 0 aliphatic heterocycles. The number of aliphatic hydroxyl groups excluding tert-OH is 1. The van der Waals surface area contributed by atoms with Gasteiger partial charge in [0.1, 0.15) is 12.4 Å². The van der Waals surface area contributed by atoms with Crippen molar-refractivity contribution in [2.75, 3.05) is 0 Å². The highest BCUT2D eigenvalue weighted by molar-refractivity contribution is 6.35. The quantitative estimate of drug-likeness (QED) is 0.840. The smallest absolute Gasteiger partial charge is 0.119 e. The molecule has 2 rings (SSSR count). The Balaban J connectivity index is 2.04. The van der Waals surface area contributed by atoms with Crippen molar-refractivity contribution in [2.45, 2.75) is 26.1 Å². The molecule has 0 saturated carbocycles. The van der Waals surface area contributed by atoms with Gasteiger partial charge in [0.15, 0.2) is 0 Å². The third kappa shape index (κ3) is 3.66. The highest BCUT2D eigenvalue weighted by Gasteiger charge is 2.07. The average molecular weight is 311 g/mol. The van der Waals surface area contributed by atoms with Gasteiger partial charge in [0, 0.05) is 15.6 Å². The van der Waals surface area contributed by atoms with Crippen LogP contribution in [-0.4, -0.2) is 5.11 Å². The molecule has 0 spiro atoms. The van der Waals surface area contributed by atoms with E-state index in [0.29, 0.717) is 28.8 Å². The molecule has 2 aromatic carbocycles. The molecule has 0 bridgehead atoms. The molecule has 0 fully saturated rings. The number of halogens is 2. The molecular formula is C16H16Cl2O2. The number of hydrogen-bond donors (Lipinski definition) is 1. The maximum absolute atomic E-state index is 9.73. The number of benzene rings is 2. The van der Waals surface area contributed by atoms with Crippen LogP contribution in [0.5, 0.6) is 5.75 Å². The van der Waals surface area contributed by atoms with Gasteiger partial charge in [0.2, 0.25) is 0 Å². The molecule has 0 saturated heterocycles. The highest BCUT2D eigenvalue weighted by Crippen LogP contribution is 2.26. The van der Waals surface area contributed by atoms with Crippen LogP contribution in [0, 0.1) is 0 Å². The van der Waals surface area contributed by atoms with Crippen molar-refractivity contribution in [1.82, 2.24) is 0 Å². The van der Waals surface area contributed by atoms with E-state index < -0.39 is 6.10 Å². The molecule has 2 nitrogen and oxygen atoms in total. The van der Waals surface area contributed by atoms with E-state index in [1.807, 2.05) is 31.2 Å². The summed E-state index contributed by atoms with van der Waals surface area (Å²) in [7, 11) is 0. The molecule has 1 N–H and O–H groups in total. The zero-order valence-electron chi connectivity index (χ0n) is 11.1. The first-order valence-corrected chi connectivity index (χ1v) is 7.21. The zero-order chi connectivity index (χ0) is 14.5. The molecule has 0 aromatic heterocycles. The lowest BCUT2D eigenvalue weighted by Gasteiger charge is -2.11. The first-order valence-electron chi connectivity index (χ1n) is 6.45. The van der Waals surface area contributed by atoms with Gasteiger partial charge in [-0.3, -0.25) is 0 Å². The Labute approximate surface area is 128 Å². The van der Waals surface area contributed by atoms with Crippen LogP contribution >= 0.6 is 23.2 Å². The number of aliphatic hydroxyl groups is 1. The van der Waals surface area contributed by atoms with Crippen molar-refractivity contribution in [3.05, 3.63) is 63.6 Å². The third-order valence-corrected chi connectivity index (χ3v) is 3.80. The van der Waals surface area contributed by atoms with E-state index in [1.54, 1.807) is 18.2 Å². The van der Waals surface area contributed by atoms with Gasteiger partial charge < -0.3 is 9.84 Å². The van der Waals surface area contributed by atoms with Crippen LogP contribution in [0.2, 0.25) is 10.0 Å². The fraction of sp³-hybridized carbons (Fsp3) is 0.250. The van der Waals surface area contributed by atoms with Crippen LogP contribution in [0.1, 0.15) is 30.6 Å². The Morgan fingerprint density at radius 2 is 1.65 bits per heavy atom. The van der Waals surface area contributed by atoms with Gasteiger partial charge >= 0.3 is 0 Å². The lowest BCUT2D eigenvalue weighted by Crippen LogP contribution is -1.98. The lowest BCUT2D eigenvalue weighted by atomic mass is 10.1. The standard InChI is InChI=1S/C16H16Cl2O2/c1-2-16(19)11-6-8-12(9-7-11)20-10-13-14(17)4-3-5-15(13)18/h3-9,16,19H,2,10H2,1H3. The van der Waals surface area contributed by atoms with Crippen LogP contribution in [-0.2, 0) is 6.61 Å². The van der Waals surface area contributed by atoms with Crippen molar-refractivity contribution in [3.8, 4) is 5.75 Å². The Bertz CT molecular complexity index is 547. The van der Waals surface area contributed by atoms with E-state index in [9.17, 15) is 5.11 Å². The molecule has 2 aromatic rings. The fourth-order valence-corrected chi connectivity index (χ4v) is 2.35. The normalized spacial score (nSPS) is 12.2. The van der Waals surface area contributed by atoms with Crippen LogP contribution in [0.3, 0.4) is 0 Å². The second-order valence-corrected chi connectivity index (χ2v) is 5.30. The first-order chi connectivity index (χ1) is 9.61. The molecule has 0 radical (unpaired) electrons. The van der Waals surface area contributed by atoms with Gasteiger partial charge in [-0.05, 0) is 36.2 Å². The molecule has 0 aliphatic carbocycles. The van der Waals surface area contributed by atoms with Crippen molar-refractivity contribution >= 4 is 23.2 Å². The predicted molar refractivity (Wildman–Crippen MR) is 82.5 cm³/mol. The number of rotatable bonds is 5. The highest BCUT2D eigenvalue weighted by atomic mass is 35.5. The van der Waals surface area contributed by atoms with Crippen molar-refractivity contribution in [2.24, 2.45) is 0 Å². The van der Waals surface area contributed by atoms with E-state index in [2.05, 4.69) is 0 Å². The summed E-state index contributed by atoms with van der Waals surface area (Å²) in [5.74, 6) is 0.716. The van der Waals surface area contributed by atoms with Gasteiger partial charge in [-0.1, -0.05) is 48.3 Å². The van der Waals surface area contributed by atoms with Crippen LogP contribution < -0.4 is 4.74 Å². The minimum absolute atomic E-state index is 0.314.